The molecule has 2 unspecified atom stereocenters. The second-order valence-electron chi connectivity index (χ2n) is 7.19. The van der Waals surface area contributed by atoms with Crippen LogP contribution in [-0.4, -0.2) is 24.3 Å². The smallest absolute Gasteiger partial charge is 0.407 e. The molecule has 0 heterocycles. The highest BCUT2D eigenvalue weighted by Crippen LogP contribution is 2.25. The van der Waals surface area contributed by atoms with E-state index >= 15 is 0 Å². The predicted molar refractivity (Wildman–Crippen MR) is 88.6 cm³/mol. The number of nitrogens with one attached hydrogen (secondary N) is 2. The molecule has 1 aromatic carbocycles. The molecule has 128 valence electrons. The Morgan fingerprint density at radius 1 is 1.26 bits per heavy atom. The van der Waals surface area contributed by atoms with E-state index in [0.29, 0.717) is 25.0 Å². The first-order valence-electron chi connectivity index (χ1n) is 8.28. The van der Waals surface area contributed by atoms with E-state index in [1.807, 2.05) is 20.8 Å². The Labute approximate surface area is 137 Å². The molecule has 2 N–H and O–H groups in total. The van der Waals surface area contributed by atoms with Crippen LogP contribution in [0.15, 0.2) is 24.3 Å². The molecule has 4 nitrogen and oxygen atoms in total. The van der Waals surface area contributed by atoms with E-state index < -0.39 is 5.60 Å². The van der Waals surface area contributed by atoms with Crippen LogP contribution >= 0.6 is 0 Å². The lowest BCUT2D eigenvalue weighted by molar-refractivity contribution is 0.0517. The van der Waals surface area contributed by atoms with Crippen molar-refractivity contribution in [3.63, 3.8) is 0 Å². The van der Waals surface area contributed by atoms with Gasteiger partial charge in [0, 0.05) is 19.1 Å². The number of amides is 1. The van der Waals surface area contributed by atoms with Gasteiger partial charge in [-0.05, 0) is 57.2 Å². The minimum atomic E-state index is -0.472. The van der Waals surface area contributed by atoms with Crippen LogP contribution in [0.1, 0.15) is 45.6 Å². The van der Waals surface area contributed by atoms with Gasteiger partial charge in [-0.1, -0.05) is 18.6 Å². The normalized spacial score (nSPS) is 21.2. The van der Waals surface area contributed by atoms with E-state index in [0.717, 1.165) is 24.8 Å². The summed E-state index contributed by atoms with van der Waals surface area (Å²) in [6.45, 7) is 6.91. The fourth-order valence-corrected chi connectivity index (χ4v) is 2.93. The Kier molecular flexibility index (Phi) is 5.99. The molecule has 23 heavy (non-hydrogen) atoms. The maximum Gasteiger partial charge on any atom is 0.407 e. The maximum atomic E-state index is 12.9. The van der Waals surface area contributed by atoms with Crippen LogP contribution in [-0.2, 0) is 11.3 Å². The Hall–Kier alpha value is -1.62. The number of rotatable bonds is 5. The number of benzene rings is 1. The van der Waals surface area contributed by atoms with Crippen LogP contribution in [0, 0.1) is 11.7 Å². The Morgan fingerprint density at radius 3 is 2.61 bits per heavy atom. The monoisotopic (exact) mass is 322 g/mol. The van der Waals surface area contributed by atoms with Crippen LogP contribution < -0.4 is 10.6 Å². The predicted octanol–water partition coefficient (Wildman–Crippen LogP) is 3.61. The molecule has 0 aromatic heterocycles. The fourth-order valence-electron chi connectivity index (χ4n) is 2.93. The third kappa shape index (κ3) is 6.18. The largest absolute Gasteiger partial charge is 0.444 e. The van der Waals surface area contributed by atoms with Gasteiger partial charge in [0.2, 0.25) is 0 Å². The van der Waals surface area contributed by atoms with Crippen LogP contribution in [0.5, 0.6) is 0 Å². The molecule has 5 heteroatoms. The second kappa shape index (κ2) is 7.77. The molecule has 2 rings (SSSR count). The number of carbonyl (C=O) groups excluding carboxylic acids is 1. The first-order valence-corrected chi connectivity index (χ1v) is 8.28. The molecule has 1 amide bonds. The van der Waals surface area contributed by atoms with Crippen molar-refractivity contribution in [2.45, 2.75) is 58.2 Å². The van der Waals surface area contributed by atoms with Crippen molar-refractivity contribution >= 4 is 6.09 Å². The molecular weight excluding hydrogens is 295 g/mol. The quantitative estimate of drug-likeness (QED) is 0.871. The first-order chi connectivity index (χ1) is 10.8. The lowest BCUT2D eigenvalue weighted by atomic mass is 10.0. The van der Waals surface area contributed by atoms with E-state index in [4.69, 9.17) is 4.74 Å². The number of hydrogen-bond acceptors (Lipinski definition) is 3. The third-order valence-electron chi connectivity index (χ3n) is 4.05. The van der Waals surface area contributed by atoms with E-state index in [2.05, 4.69) is 10.6 Å². The fraction of sp³-hybridized carbons (Fsp3) is 0.611. The van der Waals surface area contributed by atoms with Crippen molar-refractivity contribution in [3.8, 4) is 0 Å². The Morgan fingerprint density at radius 2 is 1.96 bits per heavy atom. The SMILES string of the molecule is CC(C)(C)OC(=O)NCC1CCCC1NCc1ccc(F)cc1. The molecule has 1 aromatic rings. The lowest BCUT2D eigenvalue weighted by Crippen LogP contribution is -2.40. The average molecular weight is 322 g/mol. The summed E-state index contributed by atoms with van der Waals surface area (Å²) in [6.07, 6.45) is 2.99. The van der Waals surface area contributed by atoms with Crippen molar-refractivity contribution < 1.29 is 13.9 Å². The molecule has 0 spiro atoms. The zero-order chi connectivity index (χ0) is 16.9. The minimum Gasteiger partial charge on any atom is -0.444 e. The standard InChI is InChI=1S/C18H27FN2O2/c1-18(2,3)23-17(22)21-12-14-5-4-6-16(14)20-11-13-7-9-15(19)10-8-13/h7-10,14,16,20H,4-6,11-12H2,1-3H3,(H,21,22). The molecule has 1 aliphatic carbocycles. The van der Waals surface area contributed by atoms with Crippen molar-refractivity contribution in [1.29, 1.82) is 0 Å². The van der Waals surface area contributed by atoms with Crippen molar-refractivity contribution in [3.05, 3.63) is 35.6 Å². The van der Waals surface area contributed by atoms with Gasteiger partial charge in [0.15, 0.2) is 0 Å². The van der Waals surface area contributed by atoms with Gasteiger partial charge in [0.05, 0.1) is 0 Å². The molecule has 0 radical (unpaired) electrons. The highest BCUT2D eigenvalue weighted by molar-refractivity contribution is 5.67. The summed E-state index contributed by atoms with van der Waals surface area (Å²) in [5.74, 6) is 0.192. The van der Waals surface area contributed by atoms with Gasteiger partial charge in [-0.3, -0.25) is 0 Å². The number of ether oxygens (including phenoxy) is 1. The molecule has 0 aliphatic heterocycles. The summed E-state index contributed by atoms with van der Waals surface area (Å²) in [5.41, 5.74) is 0.595. The van der Waals surface area contributed by atoms with E-state index in [-0.39, 0.29) is 11.9 Å². The summed E-state index contributed by atoms with van der Waals surface area (Å²) >= 11 is 0. The number of hydrogen-bond donors (Lipinski definition) is 2. The van der Waals surface area contributed by atoms with Gasteiger partial charge in [-0.25, -0.2) is 9.18 Å². The van der Waals surface area contributed by atoms with Crippen LogP contribution in [0.3, 0.4) is 0 Å². The average Bonchev–Trinajstić information content (AvgIpc) is 2.90. The summed E-state index contributed by atoms with van der Waals surface area (Å²) in [4.78, 5) is 11.7. The Balaban J connectivity index is 1.76. The first kappa shape index (κ1) is 17.7. The maximum absolute atomic E-state index is 12.9. The zero-order valence-electron chi connectivity index (χ0n) is 14.2. The summed E-state index contributed by atoms with van der Waals surface area (Å²) < 4.78 is 18.2. The summed E-state index contributed by atoms with van der Waals surface area (Å²) in [6, 6.07) is 6.92. The van der Waals surface area contributed by atoms with Gasteiger partial charge >= 0.3 is 6.09 Å². The van der Waals surface area contributed by atoms with Gasteiger partial charge in [-0.2, -0.15) is 0 Å². The van der Waals surface area contributed by atoms with Gasteiger partial charge < -0.3 is 15.4 Å². The number of carbonyl (C=O) groups is 1. The van der Waals surface area contributed by atoms with E-state index in [1.54, 1.807) is 12.1 Å². The highest BCUT2D eigenvalue weighted by Gasteiger charge is 2.27. The highest BCUT2D eigenvalue weighted by atomic mass is 19.1. The zero-order valence-corrected chi connectivity index (χ0v) is 14.2. The molecule has 0 saturated heterocycles. The molecule has 2 atom stereocenters. The molecular formula is C18H27FN2O2. The molecule has 1 saturated carbocycles. The van der Waals surface area contributed by atoms with E-state index in [9.17, 15) is 9.18 Å². The van der Waals surface area contributed by atoms with Crippen molar-refractivity contribution in [2.75, 3.05) is 6.54 Å². The second-order valence-corrected chi connectivity index (χ2v) is 7.19. The number of alkyl carbamates (subject to hydrolysis) is 1. The van der Waals surface area contributed by atoms with Crippen molar-refractivity contribution in [1.82, 2.24) is 10.6 Å². The summed E-state index contributed by atoms with van der Waals surface area (Å²) in [7, 11) is 0. The van der Waals surface area contributed by atoms with Gasteiger partial charge in [-0.15, -0.1) is 0 Å². The molecule has 1 aliphatic rings. The van der Waals surface area contributed by atoms with Crippen LogP contribution in [0.25, 0.3) is 0 Å². The molecule has 1 fully saturated rings. The minimum absolute atomic E-state index is 0.214. The van der Waals surface area contributed by atoms with Crippen LogP contribution in [0.4, 0.5) is 9.18 Å². The number of halogens is 1. The van der Waals surface area contributed by atoms with Gasteiger partial charge in [0.1, 0.15) is 11.4 Å². The third-order valence-corrected chi connectivity index (χ3v) is 4.05. The van der Waals surface area contributed by atoms with Crippen LogP contribution in [0.2, 0.25) is 0 Å². The van der Waals surface area contributed by atoms with E-state index in [1.165, 1.54) is 12.1 Å². The van der Waals surface area contributed by atoms with Gasteiger partial charge in [0.25, 0.3) is 0 Å². The lowest BCUT2D eigenvalue weighted by Gasteiger charge is -2.23. The van der Waals surface area contributed by atoms with Crippen molar-refractivity contribution in [2.24, 2.45) is 5.92 Å². The molecule has 0 bridgehead atoms. The topological polar surface area (TPSA) is 50.4 Å². The Bertz CT molecular complexity index is 511. The summed E-state index contributed by atoms with van der Waals surface area (Å²) in [5, 5.41) is 6.39.